The fourth-order valence-corrected chi connectivity index (χ4v) is 3.14. The first-order valence-electron chi connectivity index (χ1n) is 8.03. The average molecular weight is 380 g/mol. The molecule has 3 aromatic rings. The molecule has 0 aliphatic rings. The Morgan fingerprint density at radius 3 is 2.59 bits per heavy atom. The molecule has 6 nitrogen and oxygen atoms in total. The van der Waals surface area contributed by atoms with Crippen molar-refractivity contribution in [1.82, 2.24) is 4.72 Å². The summed E-state index contributed by atoms with van der Waals surface area (Å²) in [6, 6.07) is 20.0. The highest BCUT2D eigenvalue weighted by atomic mass is 32.2. The maximum atomic E-state index is 11.9. The van der Waals surface area contributed by atoms with Crippen LogP contribution in [0, 0.1) is 11.3 Å². The highest BCUT2D eigenvalue weighted by Crippen LogP contribution is 2.23. The number of carbonyl (C=O) groups excluding carboxylic acids is 1. The van der Waals surface area contributed by atoms with Crippen molar-refractivity contribution in [1.29, 1.82) is 5.26 Å². The number of hydrogen-bond acceptors (Lipinski definition) is 5. The predicted octanol–water partition coefficient (Wildman–Crippen LogP) is 2.98. The average Bonchev–Trinajstić information content (AvgIpc) is 2.64. The van der Waals surface area contributed by atoms with E-state index in [-0.39, 0.29) is 17.7 Å². The Kier molecular flexibility index (Phi) is 5.10. The van der Waals surface area contributed by atoms with Gasteiger partial charge < -0.3 is 4.74 Å². The first-order valence-corrected chi connectivity index (χ1v) is 9.92. The summed E-state index contributed by atoms with van der Waals surface area (Å²) in [6.07, 6.45) is 0.887. The zero-order valence-electron chi connectivity index (χ0n) is 14.5. The number of nitrogens with zero attached hydrogens (tertiary/aromatic N) is 1. The van der Waals surface area contributed by atoms with Gasteiger partial charge in [-0.3, -0.25) is 4.79 Å². The topological polar surface area (TPSA) is 96.3 Å². The van der Waals surface area contributed by atoms with Crippen molar-refractivity contribution in [2.75, 3.05) is 6.26 Å². The van der Waals surface area contributed by atoms with E-state index in [0.717, 1.165) is 22.6 Å². The van der Waals surface area contributed by atoms with Gasteiger partial charge in [0, 0.05) is 5.56 Å². The van der Waals surface area contributed by atoms with Gasteiger partial charge >= 0.3 is 0 Å². The van der Waals surface area contributed by atoms with Crippen molar-refractivity contribution in [2.24, 2.45) is 0 Å². The number of carbonyl (C=O) groups is 1. The van der Waals surface area contributed by atoms with E-state index in [9.17, 15) is 18.5 Å². The van der Waals surface area contributed by atoms with E-state index in [2.05, 4.69) is 0 Å². The fourth-order valence-electron chi connectivity index (χ4n) is 2.69. The van der Waals surface area contributed by atoms with Gasteiger partial charge in [-0.05, 0) is 34.5 Å². The summed E-state index contributed by atoms with van der Waals surface area (Å²) in [7, 11) is -3.68. The van der Waals surface area contributed by atoms with E-state index < -0.39 is 15.9 Å². The minimum atomic E-state index is -3.68. The molecular weight excluding hydrogens is 364 g/mol. The molecule has 3 aromatic carbocycles. The summed E-state index contributed by atoms with van der Waals surface area (Å²) in [5.41, 5.74) is 1.18. The Hall–Kier alpha value is -3.37. The number of nitrogens with one attached hydrogen (secondary N) is 1. The molecule has 0 radical (unpaired) electrons. The molecule has 0 aliphatic heterocycles. The van der Waals surface area contributed by atoms with E-state index in [1.165, 1.54) is 18.2 Å². The first-order chi connectivity index (χ1) is 12.9. The van der Waals surface area contributed by atoms with Crippen LogP contribution in [0.1, 0.15) is 21.5 Å². The van der Waals surface area contributed by atoms with E-state index in [1.54, 1.807) is 0 Å². The summed E-state index contributed by atoms with van der Waals surface area (Å²) in [5.74, 6) is -0.476. The molecule has 0 aromatic heterocycles. The van der Waals surface area contributed by atoms with Crippen LogP contribution in [-0.4, -0.2) is 20.6 Å². The SMILES string of the molecule is CS(=O)(=O)NC(=O)c1ccc(OCc2cccc3ccccc23)c(C#N)c1. The maximum absolute atomic E-state index is 11.9. The van der Waals surface area contributed by atoms with Gasteiger partial charge in [-0.2, -0.15) is 5.26 Å². The van der Waals surface area contributed by atoms with Crippen molar-refractivity contribution in [3.8, 4) is 11.8 Å². The fraction of sp³-hybridized carbons (Fsp3) is 0.100. The van der Waals surface area contributed by atoms with Gasteiger partial charge in [-0.15, -0.1) is 0 Å². The Morgan fingerprint density at radius 1 is 1.11 bits per heavy atom. The number of fused-ring (bicyclic) bond motifs is 1. The van der Waals surface area contributed by atoms with Crippen LogP contribution in [0.4, 0.5) is 0 Å². The molecule has 0 spiro atoms. The minimum absolute atomic E-state index is 0.0643. The second-order valence-electron chi connectivity index (χ2n) is 5.95. The lowest BCUT2D eigenvalue weighted by molar-refractivity contribution is 0.0981. The van der Waals surface area contributed by atoms with Crippen LogP contribution < -0.4 is 9.46 Å². The van der Waals surface area contributed by atoms with Gasteiger partial charge in [0.05, 0.1) is 11.8 Å². The van der Waals surface area contributed by atoms with Gasteiger partial charge in [0.15, 0.2) is 0 Å². The van der Waals surface area contributed by atoms with E-state index in [4.69, 9.17) is 4.74 Å². The Morgan fingerprint density at radius 2 is 1.85 bits per heavy atom. The van der Waals surface area contributed by atoms with E-state index in [1.807, 2.05) is 53.3 Å². The van der Waals surface area contributed by atoms with Crippen molar-refractivity contribution in [3.05, 3.63) is 77.4 Å². The quantitative estimate of drug-likeness (QED) is 0.734. The Bertz CT molecular complexity index is 1160. The summed E-state index contributed by atoms with van der Waals surface area (Å²) >= 11 is 0. The van der Waals surface area contributed by atoms with Crippen LogP contribution in [0.2, 0.25) is 0 Å². The number of amides is 1. The zero-order valence-corrected chi connectivity index (χ0v) is 15.3. The molecule has 0 aliphatic carbocycles. The van der Waals surface area contributed by atoms with Crippen molar-refractivity contribution in [3.63, 3.8) is 0 Å². The lowest BCUT2D eigenvalue weighted by Crippen LogP contribution is -2.29. The number of nitriles is 1. The molecule has 0 saturated heterocycles. The van der Waals surface area contributed by atoms with Gasteiger partial charge in [-0.25, -0.2) is 13.1 Å². The van der Waals surface area contributed by atoms with Gasteiger partial charge in [0.2, 0.25) is 10.0 Å². The van der Waals surface area contributed by atoms with E-state index in [0.29, 0.717) is 5.75 Å². The number of benzene rings is 3. The molecule has 0 heterocycles. The smallest absolute Gasteiger partial charge is 0.264 e. The molecule has 0 atom stereocenters. The highest BCUT2D eigenvalue weighted by molar-refractivity contribution is 7.89. The lowest BCUT2D eigenvalue weighted by Gasteiger charge is -2.11. The second kappa shape index (κ2) is 7.48. The van der Waals surface area contributed by atoms with Crippen LogP contribution in [0.15, 0.2) is 60.7 Å². The van der Waals surface area contributed by atoms with Crippen molar-refractivity contribution in [2.45, 2.75) is 6.61 Å². The third-order valence-corrected chi connectivity index (χ3v) is 4.46. The first kappa shape index (κ1) is 18.4. The number of hydrogen-bond donors (Lipinski definition) is 1. The molecule has 1 amide bonds. The molecule has 1 N–H and O–H groups in total. The minimum Gasteiger partial charge on any atom is -0.487 e. The van der Waals surface area contributed by atoms with Gasteiger partial charge in [-0.1, -0.05) is 42.5 Å². The molecule has 0 saturated carbocycles. The summed E-state index contributed by atoms with van der Waals surface area (Å²) in [5, 5.41) is 11.5. The normalized spacial score (nSPS) is 11.0. The third kappa shape index (κ3) is 4.43. The third-order valence-electron chi connectivity index (χ3n) is 3.90. The zero-order chi connectivity index (χ0) is 19.4. The standard InChI is InChI=1S/C20H16N2O4S/c1-27(24,25)22-20(23)15-9-10-19(17(11-15)12-21)26-13-16-7-4-6-14-5-2-3-8-18(14)16/h2-11H,13H2,1H3,(H,22,23). The summed E-state index contributed by atoms with van der Waals surface area (Å²) < 4.78 is 30.0. The predicted molar refractivity (Wildman–Crippen MR) is 102 cm³/mol. The molecular formula is C20H16N2O4S. The second-order valence-corrected chi connectivity index (χ2v) is 7.70. The number of sulfonamides is 1. The lowest BCUT2D eigenvalue weighted by atomic mass is 10.1. The molecule has 136 valence electrons. The highest BCUT2D eigenvalue weighted by Gasteiger charge is 2.14. The molecule has 3 rings (SSSR count). The maximum Gasteiger partial charge on any atom is 0.264 e. The summed E-state index contributed by atoms with van der Waals surface area (Å²) in [4.78, 5) is 11.9. The van der Waals surface area contributed by atoms with Crippen molar-refractivity contribution >= 4 is 26.7 Å². The van der Waals surface area contributed by atoms with Crippen molar-refractivity contribution < 1.29 is 17.9 Å². The van der Waals surface area contributed by atoms with Crippen LogP contribution in [-0.2, 0) is 16.6 Å². The van der Waals surface area contributed by atoms with Crippen LogP contribution in [0.3, 0.4) is 0 Å². The van der Waals surface area contributed by atoms with Crippen LogP contribution in [0.25, 0.3) is 10.8 Å². The largest absolute Gasteiger partial charge is 0.487 e. The molecule has 0 fully saturated rings. The van der Waals surface area contributed by atoms with Gasteiger partial charge in [0.25, 0.3) is 5.91 Å². The molecule has 27 heavy (non-hydrogen) atoms. The van der Waals surface area contributed by atoms with E-state index >= 15 is 0 Å². The van der Waals surface area contributed by atoms with Crippen LogP contribution in [0.5, 0.6) is 5.75 Å². The summed E-state index contributed by atoms with van der Waals surface area (Å²) in [6.45, 7) is 0.255. The molecule has 0 bridgehead atoms. The van der Waals surface area contributed by atoms with Crippen LogP contribution >= 0.6 is 0 Å². The Balaban J connectivity index is 1.83. The molecule has 7 heteroatoms. The molecule has 0 unspecified atom stereocenters. The number of rotatable bonds is 5. The van der Waals surface area contributed by atoms with Gasteiger partial charge in [0.1, 0.15) is 18.4 Å². The monoisotopic (exact) mass is 380 g/mol. The number of ether oxygens (including phenoxy) is 1. The Labute approximate surface area is 157 Å².